The van der Waals surface area contributed by atoms with Crippen LogP contribution in [-0.2, 0) is 4.79 Å². The van der Waals surface area contributed by atoms with Gasteiger partial charge in [0.1, 0.15) is 0 Å². The van der Waals surface area contributed by atoms with E-state index >= 15 is 0 Å². The maximum Gasteiger partial charge on any atom is 0.304 e. The molecule has 0 spiro atoms. The van der Waals surface area contributed by atoms with E-state index < -0.39 is 5.97 Å². The van der Waals surface area contributed by atoms with Crippen molar-refractivity contribution in [2.75, 3.05) is 19.8 Å². The molecule has 0 amide bonds. The predicted molar refractivity (Wildman–Crippen MR) is 35.7 cm³/mol. The summed E-state index contributed by atoms with van der Waals surface area (Å²) < 4.78 is 11.4. The molecule has 0 aliphatic heterocycles. The van der Waals surface area contributed by atoms with Crippen molar-refractivity contribution in [3.8, 4) is 0 Å². The van der Waals surface area contributed by atoms with Crippen LogP contribution in [0.5, 0.6) is 0 Å². The standard InChI is InChI=1S/C6H12FNO2/c7-3-1-4-8-5-2-6(9)10/h8H,1-5H2,(H,9,10). The van der Waals surface area contributed by atoms with E-state index in [4.69, 9.17) is 5.11 Å². The molecule has 0 aromatic heterocycles. The predicted octanol–water partition coefficient (Wildman–Crippen LogP) is 0.410. The van der Waals surface area contributed by atoms with Gasteiger partial charge in [-0.1, -0.05) is 0 Å². The minimum atomic E-state index is -0.826. The van der Waals surface area contributed by atoms with Gasteiger partial charge in [-0.05, 0) is 13.0 Å². The number of hydrogen-bond acceptors (Lipinski definition) is 2. The summed E-state index contributed by atoms with van der Waals surface area (Å²) in [6.45, 7) is 0.638. The van der Waals surface area contributed by atoms with E-state index in [1.165, 1.54) is 0 Å². The summed E-state index contributed by atoms with van der Waals surface area (Å²) in [6, 6.07) is 0. The smallest absolute Gasteiger partial charge is 0.304 e. The molecule has 0 atom stereocenters. The number of rotatable bonds is 6. The normalized spacial score (nSPS) is 9.70. The van der Waals surface area contributed by atoms with Crippen LogP contribution in [0, 0.1) is 0 Å². The Morgan fingerprint density at radius 2 is 2.20 bits per heavy atom. The second-order valence-electron chi connectivity index (χ2n) is 1.94. The fraction of sp³-hybridized carbons (Fsp3) is 0.833. The summed E-state index contributed by atoms with van der Waals surface area (Å²) in [5.74, 6) is -0.826. The number of nitrogens with one attached hydrogen (secondary N) is 1. The maximum absolute atomic E-state index is 11.4. The molecule has 0 aromatic carbocycles. The van der Waals surface area contributed by atoms with Gasteiger partial charge < -0.3 is 10.4 Å². The van der Waals surface area contributed by atoms with Crippen molar-refractivity contribution < 1.29 is 14.3 Å². The molecule has 0 saturated carbocycles. The topological polar surface area (TPSA) is 49.3 Å². The van der Waals surface area contributed by atoms with Crippen LogP contribution in [0.1, 0.15) is 12.8 Å². The van der Waals surface area contributed by atoms with Crippen LogP contribution in [0.3, 0.4) is 0 Å². The largest absolute Gasteiger partial charge is 0.481 e. The van der Waals surface area contributed by atoms with Gasteiger partial charge in [-0.3, -0.25) is 9.18 Å². The Kier molecular flexibility index (Phi) is 6.06. The van der Waals surface area contributed by atoms with E-state index in [0.717, 1.165) is 0 Å². The Morgan fingerprint density at radius 1 is 1.50 bits per heavy atom. The van der Waals surface area contributed by atoms with Crippen LogP contribution < -0.4 is 5.32 Å². The summed E-state index contributed by atoms with van der Waals surface area (Å²) in [5.41, 5.74) is 0. The maximum atomic E-state index is 11.4. The van der Waals surface area contributed by atoms with E-state index in [0.29, 0.717) is 19.5 Å². The molecule has 0 rings (SSSR count). The first kappa shape index (κ1) is 9.36. The zero-order valence-corrected chi connectivity index (χ0v) is 5.77. The molecule has 0 bridgehead atoms. The fourth-order valence-electron chi connectivity index (χ4n) is 0.512. The average molecular weight is 149 g/mol. The highest BCUT2D eigenvalue weighted by Crippen LogP contribution is 1.78. The molecule has 0 unspecified atom stereocenters. The summed E-state index contributed by atoms with van der Waals surface area (Å²) in [6.07, 6.45) is 0.561. The van der Waals surface area contributed by atoms with Gasteiger partial charge in [0.2, 0.25) is 0 Å². The lowest BCUT2D eigenvalue weighted by Crippen LogP contribution is -2.19. The molecular formula is C6H12FNO2. The van der Waals surface area contributed by atoms with Crippen LogP contribution in [0.25, 0.3) is 0 Å². The van der Waals surface area contributed by atoms with E-state index in [9.17, 15) is 9.18 Å². The van der Waals surface area contributed by atoms with Crippen LogP contribution in [-0.4, -0.2) is 30.8 Å². The molecule has 0 fully saturated rings. The molecule has 0 aliphatic rings. The Labute approximate surface area is 59.2 Å². The molecule has 4 heteroatoms. The third-order valence-corrected chi connectivity index (χ3v) is 1.00. The van der Waals surface area contributed by atoms with Crippen molar-refractivity contribution in [2.24, 2.45) is 0 Å². The lowest BCUT2D eigenvalue weighted by atomic mass is 10.4. The van der Waals surface area contributed by atoms with Gasteiger partial charge >= 0.3 is 5.97 Å². The highest BCUT2D eigenvalue weighted by molar-refractivity contribution is 5.66. The highest BCUT2D eigenvalue weighted by atomic mass is 19.1. The first-order valence-corrected chi connectivity index (χ1v) is 3.26. The first-order chi connectivity index (χ1) is 4.77. The molecule has 0 aromatic rings. The Morgan fingerprint density at radius 3 is 2.70 bits per heavy atom. The van der Waals surface area contributed by atoms with E-state index in [1.807, 2.05) is 0 Å². The van der Waals surface area contributed by atoms with Crippen LogP contribution in [0.4, 0.5) is 4.39 Å². The summed E-state index contributed by atoms with van der Waals surface area (Å²) in [5, 5.41) is 11.0. The number of halogens is 1. The monoisotopic (exact) mass is 149 g/mol. The number of alkyl halides is 1. The van der Waals surface area contributed by atoms with Crippen molar-refractivity contribution in [2.45, 2.75) is 12.8 Å². The lowest BCUT2D eigenvalue weighted by molar-refractivity contribution is -0.136. The van der Waals surface area contributed by atoms with Gasteiger partial charge in [0, 0.05) is 6.54 Å². The first-order valence-electron chi connectivity index (χ1n) is 3.26. The molecule has 0 heterocycles. The van der Waals surface area contributed by atoms with Gasteiger partial charge in [-0.15, -0.1) is 0 Å². The second-order valence-corrected chi connectivity index (χ2v) is 1.94. The summed E-state index contributed by atoms with van der Waals surface area (Å²) in [7, 11) is 0. The van der Waals surface area contributed by atoms with Crippen molar-refractivity contribution in [3.63, 3.8) is 0 Å². The molecule has 0 saturated heterocycles. The molecule has 0 aliphatic carbocycles. The van der Waals surface area contributed by atoms with Gasteiger partial charge in [0.15, 0.2) is 0 Å². The van der Waals surface area contributed by atoms with Gasteiger partial charge in [0.05, 0.1) is 13.1 Å². The molecule has 3 nitrogen and oxygen atoms in total. The molecule has 2 N–H and O–H groups in total. The summed E-state index contributed by atoms with van der Waals surface area (Å²) >= 11 is 0. The van der Waals surface area contributed by atoms with Crippen molar-refractivity contribution in [1.82, 2.24) is 5.32 Å². The molecular weight excluding hydrogens is 137 g/mol. The van der Waals surface area contributed by atoms with Gasteiger partial charge in [-0.25, -0.2) is 0 Å². The zero-order chi connectivity index (χ0) is 7.82. The molecule has 60 valence electrons. The quantitative estimate of drug-likeness (QED) is 0.538. The second kappa shape index (κ2) is 6.48. The number of carboxylic acids is 1. The number of aliphatic carboxylic acids is 1. The lowest BCUT2D eigenvalue weighted by Gasteiger charge is -1.98. The highest BCUT2D eigenvalue weighted by Gasteiger charge is 1.93. The van der Waals surface area contributed by atoms with Crippen molar-refractivity contribution >= 4 is 5.97 Å². The van der Waals surface area contributed by atoms with E-state index in [2.05, 4.69) is 5.32 Å². The van der Waals surface area contributed by atoms with Crippen molar-refractivity contribution in [3.05, 3.63) is 0 Å². The fourth-order valence-corrected chi connectivity index (χ4v) is 0.512. The summed E-state index contributed by atoms with van der Waals surface area (Å²) in [4.78, 5) is 9.92. The van der Waals surface area contributed by atoms with Crippen LogP contribution >= 0.6 is 0 Å². The third-order valence-electron chi connectivity index (χ3n) is 1.00. The number of carboxylic acid groups (broad SMARTS) is 1. The minimum Gasteiger partial charge on any atom is -0.481 e. The minimum absolute atomic E-state index is 0.103. The van der Waals surface area contributed by atoms with Gasteiger partial charge in [0.25, 0.3) is 0 Å². The Bertz CT molecular complexity index is 97.7. The van der Waals surface area contributed by atoms with E-state index in [1.54, 1.807) is 0 Å². The SMILES string of the molecule is O=C(O)CCNCCCF. The van der Waals surface area contributed by atoms with Gasteiger partial charge in [-0.2, -0.15) is 0 Å². The molecule has 0 radical (unpaired) electrons. The number of hydrogen-bond donors (Lipinski definition) is 2. The third kappa shape index (κ3) is 7.36. The Hall–Kier alpha value is -0.640. The zero-order valence-electron chi connectivity index (χ0n) is 5.77. The Balaban J connectivity index is 2.84. The molecule has 10 heavy (non-hydrogen) atoms. The van der Waals surface area contributed by atoms with Crippen molar-refractivity contribution in [1.29, 1.82) is 0 Å². The van der Waals surface area contributed by atoms with E-state index in [-0.39, 0.29) is 13.1 Å². The van der Waals surface area contributed by atoms with Crippen LogP contribution in [0.15, 0.2) is 0 Å². The van der Waals surface area contributed by atoms with Crippen LogP contribution in [0.2, 0.25) is 0 Å². The number of carbonyl (C=O) groups is 1. The average Bonchev–Trinajstić information content (AvgIpc) is 1.87.